The third-order valence-electron chi connectivity index (χ3n) is 12.5. The molecule has 1 unspecified atom stereocenters. The standard InChI is InChI=1S/C61H110O5/c1-4-7-10-13-16-19-22-25-27-29-30-31-33-35-38-41-44-47-50-53-56-64-57-59(66-61(63)55-52-49-46-43-40-36-24-21-18-15-12-9-6-3)58-65-60(62)54-51-48-45-42-39-37-34-32-28-26-23-20-17-14-11-8-5-2/h12,15-16,19,21,24-25,27,30-31,59H,4-11,13-14,17-18,20,22-23,26,28-29,32-58H2,1-3H3/b15-12-,19-16-,24-21-,27-25-,31-30-. The number of allylic oxidation sites excluding steroid dienone is 10. The second kappa shape index (κ2) is 56.9. The maximum absolute atomic E-state index is 12.8. The Labute approximate surface area is 411 Å². The summed E-state index contributed by atoms with van der Waals surface area (Å²) in [7, 11) is 0. The Morgan fingerprint density at radius 2 is 0.667 bits per heavy atom. The lowest BCUT2D eigenvalue weighted by molar-refractivity contribution is -0.163. The Morgan fingerprint density at radius 3 is 1.11 bits per heavy atom. The first kappa shape index (κ1) is 63.6. The van der Waals surface area contributed by atoms with Crippen LogP contribution in [0.2, 0.25) is 0 Å². The number of carbonyl (C=O) groups excluding carboxylic acids is 2. The molecule has 0 amide bonds. The van der Waals surface area contributed by atoms with Gasteiger partial charge in [-0.15, -0.1) is 0 Å². The molecule has 0 rings (SSSR count). The van der Waals surface area contributed by atoms with Gasteiger partial charge >= 0.3 is 11.9 Å². The van der Waals surface area contributed by atoms with Crippen molar-refractivity contribution < 1.29 is 23.8 Å². The molecule has 0 spiro atoms. The van der Waals surface area contributed by atoms with Gasteiger partial charge in [0, 0.05) is 19.4 Å². The first-order valence-electron chi connectivity index (χ1n) is 28.8. The summed E-state index contributed by atoms with van der Waals surface area (Å²) in [6, 6.07) is 0. The minimum Gasteiger partial charge on any atom is -0.462 e. The monoisotopic (exact) mass is 923 g/mol. The third-order valence-corrected chi connectivity index (χ3v) is 12.5. The van der Waals surface area contributed by atoms with Gasteiger partial charge in [0.25, 0.3) is 0 Å². The fraction of sp³-hybridized carbons (Fsp3) is 0.803. The molecule has 0 heterocycles. The largest absolute Gasteiger partial charge is 0.462 e. The SMILES string of the molecule is CCC/C=C\C/C=C\CCCCCCCC(=O)OC(COCCCCCCCCC/C=C\C/C=C\C/C=C\CCCCC)COC(=O)CCCCCCCCCCCCCCCCCCC. The number of carbonyl (C=O) groups is 2. The molecule has 0 fully saturated rings. The Hall–Kier alpha value is -2.40. The van der Waals surface area contributed by atoms with E-state index in [1.807, 2.05) is 0 Å². The highest BCUT2D eigenvalue weighted by molar-refractivity contribution is 5.70. The van der Waals surface area contributed by atoms with Crippen molar-refractivity contribution in [1.29, 1.82) is 0 Å². The van der Waals surface area contributed by atoms with E-state index >= 15 is 0 Å². The smallest absolute Gasteiger partial charge is 0.306 e. The molecular formula is C61H110O5. The Morgan fingerprint density at radius 1 is 0.333 bits per heavy atom. The second-order valence-electron chi connectivity index (χ2n) is 19.2. The summed E-state index contributed by atoms with van der Waals surface area (Å²) in [5.41, 5.74) is 0. The van der Waals surface area contributed by atoms with Gasteiger partial charge in [-0.2, -0.15) is 0 Å². The topological polar surface area (TPSA) is 61.8 Å². The third kappa shape index (κ3) is 54.2. The maximum Gasteiger partial charge on any atom is 0.306 e. The van der Waals surface area contributed by atoms with Crippen molar-refractivity contribution in [1.82, 2.24) is 0 Å². The van der Waals surface area contributed by atoms with Gasteiger partial charge in [0.2, 0.25) is 0 Å². The number of unbranched alkanes of at least 4 members (excludes halogenated alkanes) is 32. The van der Waals surface area contributed by atoms with Gasteiger partial charge in [-0.05, 0) is 83.5 Å². The number of rotatable bonds is 53. The highest BCUT2D eigenvalue weighted by atomic mass is 16.6. The van der Waals surface area contributed by atoms with Crippen LogP contribution in [0, 0.1) is 0 Å². The van der Waals surface area contributed by atoms with E-state index < -0.39 is 6.10 Å². The van der Waals surface area contributed by atoms with E-state index in [9.17, 15) is 9.59 Å². The van der Waals surface area contributed by atoms with Crippen LogP contribution >= 0.6 is 0 Å². The summed E-state index contributed by atoms with van der Waals surface area (Å²) >= 11 is 0. The van der Waals surface area contributed by atoms with E-state index in [0.717, 1.165) is 70.6 Å². The molecule has 0 aliphatic rings. The Balaban J connectivity index is 4.25. The molecule has 0 saturated carbocycles. The van der Waals surface area contributed by atoms with Crippen LogP contribution < -0.4 is 0 Å². The summed E-state index contributed by atoms with van der Waals surface area (Å²) < 4.78 is 17.5. The highest BCUT2D eigenvalue weighted by Gasteiger charge is 2.17. The predicted octanol–water partition coefficient (Wildman–Crippen LogP) is 19.7. The van der Waals surface area contributed by atoms with E-state index in [1.165, 1.54) is 186 Å². The number of hydrogen-bond donors (Lipinski definition) is 0. The van der Waals surface area contributed by atoms with Crippen LogP contribution in [0.4, 0.5) is 0 Å². The lowest BCUT2D eigenvalue weighted by Gasteiger charge is -2.18. The zero-order chi connectivity index (χ0) is 47.7. The average Bonchev–Trinajstić information content (AvgIpc) is 3.32. The van der Waals surface area contributed by atoms with Crippen LogP contribution in [0.5, 0.6) is 0 Å². The number of hydrogen-bond acceptors (Lipinski definition) is 5. The van der Waals surface area contributed by atoms with Crippen molar-refractivity contribution in [2.45, 2.75) is 297 Å². The summed E-state index contributed by atoms with van der Waals surface area (Å²) in [6.07, 6.45) is 72.4. The fourth-order valence-corrected chi connectivity index (χ4v) is 8.20. The van der Waals surface area contributed by atoms with E-state index in [-0.39, 0.29) is 25.2 Å². The molecule has 384 valence electrons. The fourth-order valence-electron chi connectivity index (χ4n) is 8.20. The molecule has 0 N–H and O–H groups in total. The normalized spacial score (nSPS) is 12.6. The van der Waals surface area contributed by atoms with E-state index in [4.69, 9.17) is 14.2 Å². The second-order valence-corrected chi connectivity index (χ2v) is 19.2. The quantitative estimate of drug-likeness (QED) is 0.0346. The summed E-state index contributed by atoms with van der Waals surface area (Å²) in [5.74, 6) is -0.407. The molecule has 0 saturated heterocycles. The maximum atomic E-state index is 12.8. The van der Waals surface area contributed by atoms with Crippen LogP contribution in [0.25, 0.3) is 0 Å². The first-order valence-corrected chi connectivity index (χ1v) is 28.8. The molecular weight excluding hydrogens is 813 g/mol. The highest BCUT2D eigenvalue weighted by Crippen LogP contribution is 2.16. The van der Waals surface area contributed by atoms with Crippen molar-refractivity contribution >= 4 is 11.9 Å². The van der Waals surface area contributed by atoms with Crippen molar-refractivity contribution in [2.75, 3.05) is 19.8 Å². The van der Waals surface area contributed by atoms with E-state index in [0.29, 0.717) is 19.4 Å². The summed E-state index contributed by atoms with van der Waals surface area (Å²) in [6.45, 7) is 7.74. The first-order chi connectivity index (χ1) is 32.6. The number of ether oxygens (including phenoxy) is 3. The molecule has 0 aromatic rings. The van der Waals surface area contributed by atoms with Crippen LogP contribution in [0.15, 0.2) is 60.8 Å². The molecule has 0 aliphatic carbocycles. The minimum absolute atomic E-state index is 0.0776. The average molecular weight is 924 g/mol. The minimum atomic E-state index is -0.548. The molecule has 5 nitrogen and oxygen atoms in total. The van der Waals surface area contributed by atoms with Crippen molar-refractivity contribution in [3.8, 4) is 0 Å². The predicted molar refractivity (Wildman–Crippen MR) is 288 cm³/mol. The van der Waals surface area contributed by atoms with Gasteiger partial charge in [-0.25, -0.2) is 0 Å². The molecule has 5 heteroatoms. The van der Waals surface area contributed by atoms with Crippen molar-refractivity contribution in [2.24, 2.45) is 0 Å². The summed E-state index contributed by atoms with van der Waals surface area (Å²) in [4.78, 5) is 25.5. The van der Waals surface area contributed by atoms with Gasteiger partial charge in [-0.1, -0.05) is 255 Å². The molecule has 0 radical (unpaired) electrons. The Kier molecular flexibility index (Phi) is 54.9. The summed E-state index contributed by atoms with van der Waals surface area (Å²) in [5, 5.41) is 0. The molecule has 0 aromatic heterocycles. The van der Waals surface area contributed by atoms with Gasteiger partial charge < -0.3 is 14.2 Å². The zero-order valence-electron chi connectivity index (χ0n) is 44.2. The van der Waals surface area contributed by atoms with E-state index in [2.05, 4.69) is 81.5 Å². The van der Waals surface area contributed by atoms with Crippen LogP contribution in [-0.2, 0) is 23.8 Å². The van der Waals surface area contributed by atoms with Gasteiger partial charge in [0.1, 0.15) is 6.61 Å². The molecule has 0 aliphatic heterocycles. The van der Waals surface area contributed by atoms with Gasteiger partial charge in [-0.3, -0.25) is 9.59 Å². The van der Waals surface area contributed by atoms with Crippen LogP contribution in [-0.4, -0.2) is 37.9 Å². The molecule has 1 atom stereocenters. The van der Waals surface area contributed by atoms with Gasteiger partial charge in [0.15, 0.2) is 6.10 Å². The lowest BCUT2D eigenvalue weighted by atomic mass is 10.0. The molecule has 0 bridgehead atoms. The lowest BCUT2D eigenvalue weighted by Crippen LogP contribution is -2.30. The van der Waals surface area contributed by atoms with Crippen molar-refractivity contribution in [3.63, 3.8) is 0 Å². The zero-order valence-corrected chi connectivity index (χ0v) is 44.2. The van der Waals surface area contributed by atoms with E-state index in [1.54, 1.807) is 0 Å². The molecule has 0 aromatic carbocycles. The molecule has 66 heavy (non-hydrogen) atoms. The number of esters is 2. The van der Waals surface area contributed by atoms with Crippen LogP contribution in [0.3, 0.4) is 0 Å². The van der Waals surface area contributed by atoms with Crippen LogP contribution in [0.1, 0.15) is 290 Å². The Bertz CT molecular complexity index is 1130. The van der Waals surface area contributed by atoms with Crippen molar-refractivity contribution in [3.05, 3.63) is 60.8 Å². The van der Waals surface area contributed by atoms with Gasteiger partial charge in [0.05, 0.1) is 6.61 Å².